The zero-order valence-corrected chi connectivity index (χ0v) is 13.0. The van der Waals surface area contributed by atoms with Crippen LogP contribution in [0.4, 0.5) is 4.39 Å². The van der Waals surface area contributed by atoms with Gasteiger partial charge in [0.25, 0.3) is 0 Å². The van der Waals surface area contributed by atoms with E-state index in [1.165, 1.54) is 18.9 Å². The number of benzene rings is 1. The molecule has 1 aliphatic rings. The first-order valence-electron chi connectivity index (χ1n) is 7.32. The molecule has 0 radical (unpaired) electrons. The summed E-state index contributed by atoms with van der Waals surface area (Å²) < 4.78 is 15.8. The van der Waals surface area contributed by atoms with E-state index < -0.39 is 0 Å². The highest BCUT2D eigenvalue weighted by atomic mass is 35.5. The van der Waals surface area contributed by atoms with Crippen LogP contribution in [0.2, 0.25) is 5.02 Å². The summed E-state index contributed by atoms with van der Waals surface area (Å²) in [5.41, 5.74) is 2.45. The van der Waals surface area contributed by atoms with E-state index in [1.807, 2.05) is 6.20 Å². The molecule has 0 spiro atoms. The van der Waals surface area contributed by atoms with E-state index in [0.29, 0.717) is 16.8 Å². The van der Waals surface area contributed by atoms with E-state index in [9.17, 15) is 4.39 Å². The van der Waals surface area contributed by atoms with Crippen molar-refractivity contribution in [3.8, 4) is 5.69 Å². The molecule has 1 heterocycles. The van der Waals surface area contributed by atoms with Crippen molar-refractivity contribution in [3.05, 3.63) is 46.5 Å². The van der Waals surface area contributed by atoms with Crippen molar-refractivity contribution in [2.75, 3.05) is 0 Å². The van der Waals surface area contributed by atoms with Gasteiger partial charge in [0.05, 0.1) is 16.9 Å². The Morgan fingerprint density at radius 3 is 2.81 bits per heavy atom. The second kappa shape index (κ2) is 5.78. The van der Waals surface area contributed by atoms with Gasteiger partial charge in [0.2, 0.25) is 0 Å². The van der Waals surface area contributed by atoms with E-state index in [-0.39, 0.29) is 11.7 Å². The summed E-state index contributed by atoms with van der Waals surface area (Å²) in [6.07, 6.45) is 4.29. The maximum atomic E-state index is 14.2. The Hall–Kier alpha value is -1.39. The average Bonchev–Trinajstić information content (AvgIpc) is 3.16. The highest BCUT2D eigenvalue weighted by Gasteiger charge is 2.23. The molecule has 0 aliphatic heterocycles. The van der Waals surface area contributed by atoms with Crippen LogP contribution in [-0.4, -0.2) is 15.8 Å². The van der Waals surface area contributed by atoms with Crippen molar-refractivity contribution in [1.29, 1.82) is 0 Å². The van der Waals surface area contributed by atoms with Gasteiger partial charge >= 0.3 is 0 Å². The van der Waals surface area contributed by atoms with Crippen LogP contribution >= 0.6 is 11.6 Å². The Labute approximate surface area is 129 Å². The van der Waals surface area contributed by atoms with Crippen LogP contribution in [-0.2, 0) is 6.54 Å². The fourth-order valence-electron chi connectivity index (χ4n) is 2.55. The Bertz CT molecular complexity index is 627. The summed E-state index contributed by atoms with van der Waals surface area (Å²) in [6, 6.07) is 5.34. The average molecular weight is 308 g/mol. The molecule has 1 fully saturated rings. The number of nitrogens with one attached hydrogen (secondary N) is 1. The van der Waals surface area contributed by atoms with Crippen LogP contribution in [0.25, 0.3) is 5.69 Å². The van der Waals surface area contributed by atoms with Crippen LogP contribution in [0.5, 0.6) is 0 Å². The van der Waals surface area contributed by atoms with Crippen LogP contribution in [0.1, 0.15) is 43.9 Å². The summed E-state index contributed by atoms with van der Waals surface area (Å²) >= 11 is 6.17. The molecule has 112 valence electrons. The van der Waals surface area contributed by atoms with Gasteiger partial charge in [-0.1, -0.05) is 31.5 Å². The molecule has 0 saturated heterocycles. The summed E-state index contributed by atoms with van der Waals surface area (Å²) in [6.45, 7) is 4.94. The maximum Gasteiger partial charge on any atom is 0.150 e. The van der Waals surface area contributed by atoms with Gasteiger partial charge in [-0.05, 0) is 30.9 Å². The molecule has 0 bridgehead atoms. The highest BCUT2D eigenvalue weighted by Crippen LogP contribution is 2.29. The summed E-state index contributed by atoms with van der Waals surface area (Å²) in [5.74, 6) is -0.117. The second-order valence-corrected chi connectivity index (χ2v) is 6.25. The monoisotopic (exact) mass is 307 g/mol. The van der Waals surface area contributed by atoms with Gasteiger partial charge in [0.1, 0.15) is 11.5 Å². The number of hydrogen-bond donors (Lipinski definition) is 1. The molecule has 2 aromatic rings. The smallest absolute Gasteiger partial charge is 0.150 e. The first-order valence-corrected chi connectivity index (χ1v) is 7.70. The van der Waals surface area contributed by atoms with Crippen molar-refractivity contribution in [2.45, 2.75) is 45.2 Å². The van der Waals surface area contributed by atoms with Gasteiger partial charge in [-0.2, -0.15) is 5.10 Å². The number of rotatable bonds is 5. The fraction of sp³-hybridized carbons (Fsp3) is 0.438. The Kier molecular flexibility index (Phi) is 4.00. The molecule has 3 nitrogen and oxygen atoms in total. The molecule has 1 aliphatic carbocycles. The van der Waals surface area contributed by atoms with E-state index in [2.05, 4.69) is 24.3 Å². The van der Waals surface area contributed by atoms with Gasteiger partial charge in [0.15, 0.2) is 0 Å². The number of nitrogens with zero attached hydrogens (tertiary/aromatic N) is 2. The lowest BCUT2D eigenvalue weighted by atomic mass is 10.1. The first kappa shape index (κ1) is 14.5. The van der Waals surface area contributed by atoms with Crippen molar-refractivity contribution >= 4 is 11.6 Å². The van der Waals surface area contributed by atoms with Crippen LogP contribution in [0.15, 0.2) is 24.4 Å². The van der Waals surface area contributed by atoms with Gasteiger partial charge in [-0.25, -0.2) is 9.07 Å². The zero-order valence-electron chi connectivity index (χ0n) is 12.2. The lowest BCUT2D eigenvalue weighted by molar-refractivity contribution is 0.600. The summed E-state index contributed by atoms with van der Waals surface area (Å²) in [4.78, 5) is 0. The third-order valence-electron chi connectivity index (χ3n) is 3.74. The molecule has 3 rings (SSSR count). The molecular formula is C16H19ClFN3. The summed E-state index contributed by atoms with van der Waals surface area (Å²) in [7, 11) is 0. The van der Waals surface area contributed by atoms with Gasteiger partial charge in [-0.15, -0.1) is 0 Å². The predicted molar refractivity (Wildman–Crippen MR) is 82.5 cm³/mol. The second-order valence-electron chi connectivity index (χ2n) is 5.85. The molecule has 1 aromatic heterocycles. The van der Waals surface area contributed by atoms with Gasteiger partial charge in [0, 0.05) is 18.2 Å². The van der Waals surface area contributed by atoms with E-state index in [0.717, 1.165) is 17.8 Å². The molecule has 0 amide bonds. The molecular weight excluding hydrogens is 289 g/mol. The number of para-hydroxylation sites is 1. The van der Waals surface area contributed by atoms with Gasteiger partial charge in [-0.3, -0.25) is 0 Å². The highest BCUT2D eigenvalue weighted by molar-refractivity contribution is 6.32. The molecule has 1 saturated carbocycles. The zero-order chi connectivity index (χ0) is 15.0. The number of aromatic nitrogens is 2. The molecule has 5 heteroatoms. The van der Waals surface area contributed by atoms with Crippen LogP contribution in [0, 0.1) is 5.82 Å². The number of halogens is 2. The molecule has 1 aromatic carbocycles. The Morgan fingerprint density at radius 1 is 1.43 bits per heavy atom. The van der Waals surface area contributed by atoms with Crippen LogP contribution in [0.3, 0.4) is 0 Å². The third kappa shape index (κ3) is 2.97. The minimum absolute atomic E-state index is 0.235. The van der Waals surface area contributed by atoms with E-state index >= 15 is 0 Å². The molecule has 0 atom stereocenters. The minimum Gasteiger partial charge on any atom is -0.310 e. The topological polar surface area (TPSA) is 29.9 Å². The van der Waals surface area contributed by atoms with Crippen molar-refractivity contribution in [3.63, 3.8) is 0 Å². The van der Waals surface area contributed by atoms with Crippen LogP contribution < -0.4 is 5.32 Å². The lowest BCUT2D eigenvalue weighted by Gasteiger charge is -2.14. The molecule has 1 N–H and O–H groups in total. The fourth-order valence-corrected chi connectivity index (χ4v) is 2.80. The third-order valence-corrected chi connectivity index (χ3v) is 4.05. The number of hydrogen-bond acceptors (Lipinski definition) is 2. The SMILES string of the molecule is CC(C)c1c(CNC2CC2)cnn1-c1c(F)cccc1Cl. The normalized spacial score (nSPS) is 14.9. The first-order chi connectivity index (χ1) is 10.1. The Balaban J connectivity index is 2.01. The lowest BCUT2D eigenvalue weighted by Crippen LogP contribution is -2.17. The van der Waals surface area contributed by atoms with Crippen molar-refractivity contribution in [1.82, 2.24) is 15.1 Å². The molecule has 0 unspecified atom stereocenters. The van der Waals surface area contributed by atoms with E-state index in [1.54, 1.807) is 16.8 Å². The summed E-state index contributed by atoms with van der Waals surface area (Å²) in [5, 5.41) is 8.24. The standard InChI is InChI=1S/C16H19ClFN3/c1-10(2)15-11(8-19-12-6-7-12)9-20-21(15)16-13(17)4-3-5-14(16)18/h3-5,9-10,12,19H,6-8H2,1-2H3. The predicted octanol–water partition coefficient (Wildman–Crippen LogP) is 4.04. The quantitative estimate of drug-likeness (QED) is 0.903. The maximum absolute atomic E-state index is 14.2. The van der Waals surface area contributed by atoms with Crippen molar-refractivity contribution < 1.29 is 4.39 Å². The largest absolute Gasteiger partial charge is 0.310 e. The molecule has 21 heavy (non-hydrogen) atoms. The van der Waals surface area contributed by atoms with Gasteiger partial charge < -0.3 is 5.32 Å². The Morgan fingerprint density at radius 2 is 2.19 bits per heavy atom. The van der Waals surface area contributed by atoms with Crippen molar-refractivity contribution in [2.24, 2.45) is 0 Å². The van der Waals surface area contributed by atoms with E-state index in [4.69, 9.17) is 11.6 Å². The minimum atomic E-state index is -0.353.